The average molecular weight is 404 g/mol. The fraction of sp³-hybridized carbons (Fsp3) is 0.250. The van der Waals surface area contributed by atoms with Crippen LogP contribution in [0.3, 0.4) is 0 Å². The molecule has 0 radical (unpaired) electrons. The number of halogens is 1. The van der Waals surface area contributed by atoms with Gasteiger partial charge in [0, 0.05) is 43.1 Å². The molecule has 1 unspecified atom stereocenters. The number of aromatic nitrogens is 2. The number of carbonyl (C=O) groups is 2. The van der Waals surface area contributed by atoms with Crippen LogP contribution in [0.5, 0.6) is 0 Å². The number of likely N-dealkylation sites (N-methyl/N-ethyl adjacent to an activating group) is 1. The van der Waals surface area contributed by atoms with E-state index in [1.165, 1.54) is 0 Å². The minimum Gasteiger partial charge on any atom is -0.331 e. The van der Waals surface area contributed by atoms with Gasteiger partial charge in [-0.05, 0) is 31.3 Å². The van der Waals surface area contributed by atoms with E-state index in [0.29, 0.717) is 24.3 Å². The van der Waals surface area contributed by atoms with Crippen molar-refractivity contribution in [1.29, 1.82) is 0 Å². The van der Waals surface area contributed by atoms with Crippen LogP contribution in [0.1, 0.15) is 22.0 Å². The highest BCUT2D eigenvalue weighted by Crippen LogP contribution is 2.16. The van der Waals surface area contributed by atoms with Crippen molar-refractivity contribution in [1.82, 2.24) is 20.0 Å². The van der Waals surface area contributed by atoms with E-state index in [9.17, 15) is 9.59 Å². The summed E-state index contributed by atoms with van der Waals surface area (Å²) in [5, 5.41) is 9.92. The number of carbonyl (C=O) groups excluding carboxylic acids is 2. The highest BCUT2D eigenvalue weighted by Gasteiger charge is 2.20. The van der Waals surface area contributed by atoms with Crippen molar-refractivity contribution in [3.63, 3.8) is 0 Å². The van der Waals surface area contributed by atoms with Gasteiger partial charge in [-0.25, -0.2) is 0 Å². The zero-order valence-electron chi connectivity index (χ0n) is 16.1. The van der Waals surface area contributed by atoms with Crippen LogP contribution in [0.15, 0.2) is 62.0 Å². The first-order valence-corrected chi connectivity index (χ1v) is 8.58. The zero-order chi connectivity index (χ0) is 19.8. The summed E-state index contributed by atoms with van der Waals surface area (Å²) < 4.78 is 1.64. The van der Waals surface area contributed by atoms with Gasteiger partial charge in [-0.3, -0.25) is 14.3 Å². The molecular formula is C20H26ClN5O2. The Kier molecular flexibility index (Phi) is 9.14. The maximum Gasteiger partial charge on any atom is 0.254 e. The lowest BCUT2D eigenvalue weighted by Crippen LogP contribution is -2.31. The summed E-state index contributed by atoms with van der Waals surface area (Å²) in [7, 11) is 3.51. The Morgan fingerprint density at radius 2 is 1.82 bits per heavy atom. The van der Waals surface area contributed by atoms with Crippen molar-refractivity contribution < 1.29 is 9.59 Å². The van der Waals surface area contributed by atoms with Gasteiger partial charge in [0.1, 0.15) is 6.04 Å². The molecule has 1 aromatic heterocycles. The number of hydrogen-bond acceptors (Lipinski definition) is 4. The summed E-state index contributed by atoms with van der Waals surface area (Å²) in [6.07, 6.45) is 6.78. The Morgan fingerprint density at radius 3 is 2.29 bits per heavy atom. The number of aryl methyl sites for hydroxylation is 1. The third-order valence-electron chi connectivity index (χ3n) is 3.99. The molecule has 2 amide bonds. The smallest absolute Gasteiger partial charge is 0.254 e. The van der Waals surface area contributed by atoms with Crippen LogP contribution in [-0.4, -0.2) is 46.6 Å². The summed E-state index contributed by atoms with van der Waals surface area (Å²) in [4.78, 5) is 26.7. The lowest BCUT2D eigenvalue weighted by atomic mass is 10.1. The minimum absolute atomic E-state index is 0. The second-order valence-corrected chi connectivity index (χ2v) is 6.02. The lowest BCUT2D eigenvalue weighted by molar-refractivity contribution is -0.118. The van der Waals surface area contributed by atoms with E-state index < -0.39 is 6.04 Å². The molecule has 0 saturated carbocycles. The van der Waals surface area contributed by atoms with Gasteiger partial charge < -0.3 is 15.5 Å². The summed E-state index contributed by atoms with van der Waals surface area (Å²) in [6, 6.07) is 6.28. The van der Waals surface area contributed by atoms with Crippen molar-refractivity contribution in [3.8, 4) is 0 Å². The number of nitrogens with zero attached hydrogens (tertiary/aromatic N) is 3. The van der Waals surface area contributed by atoms with E-state index in [4.69, 9.17) is 0 Å². The molecule has 8 heteroatoms. The van der Waals surface area contributed by atoms with E-state index in [-0.39, 0.29) is 24.2 Å². The van der Waals surface area contributed by atoms with Crippen LogP contribution < -0.4 is 10.6 Å². The van der Waals surface area contributed by atoms with E-state index in [1.54, 1.807) is 72.5 Å². The monoisotopic (exact) mass is 403 g/mol. The van der Waals surface area contributed by atoms with E-state index in [2.05, 4.69) is 28.9 Å². The Balaban J connectivity index is 0.00000392. The van der Waals surface area contributed by atoms with Crippen molar-refractivity contribution in [3.05, 3.63) is 73.1 Å². The molecule has 2 N–H and O–H groups in total. The molecule has 2 aromatic rings. The third-order valence-corrected chi connectivity index (χ3v) is 3.99. The van der Waals surface area contributed by atoms with Gasteiger partial charge in [-0.2, -0.15) is 5.10 Å². The van der Waals surface area contributed by atoms with Gasteiger partial charge in [0.05, 0.1) is 6.20 Å². The molecule has 28 heavy (non-hydrogen) atoms. The Hall–Kier alpha value is -2.90. The van der Waals surface area contributed by atoms with Crippen LogP contribution in [0.4, 0.5) is 5.69 Å². The van der Waals surface area contributed by atoms with Crippen LogP contribution in [0.25, 0.3) is 0 Å². The lowest BCUT2D eigenvalue weighted by Gasteiger charge is -2.19. The fourth-order valence-electron chi connectivity index (χ4n) is 2.68. The van der Waals surface area contributed by atoms with Crippen molar-refractivity contribution in [2.24, 2.45) is 7.05 Å². The van der Waals surface area contributed by atoms with Gasteiger partial charge in [0.2, 0.25) is 5.91 Å². The maximum atomic E-state index is 12.5. The van der Waals surface area contributed by atoms with Crippen LogP contribution in [0, 0.1) is 0 Å². The second-order valence-electron chi connectivity index (χ2n) is 6.02. The summed E-state index contributed by atoms with van der Waals surface area (Å²) in [5.41, 5.74) is 1.92. The maximum absolute atomic E-state index is 12.5. The molecule has 0 bridgehead atoms. The molecule has 0 aliphatic rings. The molecule has 1 heterocycles. The van der Waals surface area contributed by atoms with Crippen molar-refractivity contribution >= 4 is 29.9 Å². The normalized spacial score (nSPS) is 11.1. The number of benzene rings is 1. The molecule has 0 aliphatic carbocycles. The number of amides is 2. The molecule has 2 rings (SSSR count). The number of nitrogens with one attached hydrogen (secondary N) is 2. The molecule has 0 saturated heterocycles. The summed E-state index contributed by atoms with van der Waals surface area (Å²) >= 11 is 0. The minimum atomic E-state index is -0.518. The molecule has 0 aliphatic heterocycles. The highest BCUT2D eigenvalue weighted by atomic mass is 35.5. The Bertz CT molecular complexity index is 806. The number of anilines is 1. The fourth-order valence-corrected chi connectivity index (χ4v) is 2.68. The Morgan fingerprint density at radius 1 is 1.21 bits per heavy atom. The van der Waals surface area contributed by atoms with Gasteiger partial charge >= 0.3 is 0 Å². The first-order chi connectivity index (χ1) is 13.0. The second kappa shape index (κ2) is 11.1. The first kappa shape index (κ1) is 23.1. The van der Waals surface area contributed by atoms with Crippen molar-refractivity contribution in [2.45, 2.75) is 6.04 Å². The summed E-state index contributed by atoms with van der Waals surface area (Å²) in [6.45, 7) is 8.22. The summed E-state index contributed by atoms with van der Waals surface area (Å²) in [5.74, 6) is -0.319. The van der Waals surface area contributed by atoms with Gasteiger partial charge in [-0.1, -0.05) is 12.2 Å². The van der Waals surface area contributed by atoms with Gasteiger partial charge in [0.15, 0.2) is 0 Å². The SMILES string of the molecule is C=CCN(CC=C)C(=O)c1ccc(NC(=O)C(NC)c2cnn(C)c2)cc1.Cl. The van der Waals surface area contributed by atoms with Crippen LogP contribution in [-0.2, 0) is 11.8 Å². The molecule has 0 fully saturated rings. The van der Waals surface area contributed by atoms with E-state index >= 15 is 0 Å². The molecule has 1 atom stereocenters. The predicted molar refractivity (Wildman–Crippen MR) is 114 cm³/mol. The van der Waals surface area contributed by atoms with Crippen LogP contribution in [0.2, 0.25) is 0 Å². The number of hydrogen-bond donors (Lipinski definition) is 2. The molecule has 0 spiro atoms. The van der Waals surface area contributed by atoms with Gasteiger partial charge in [-0.15, -0.1) is 25.6 Å². The van der Waals surface area contributed by atoms with Gasteiger partial charge in [0.25, 0.3) is 5.91 Å². The third kappa shape index (κ3) is 5.80. The molecule has 7 nitrogen and oxygen atoms in total. The quantitative estimate of drug-likeness (QED) is 0.630. The standard InChI is InChI=1S/C20H25N5O2.ClH/c1-5-11-25(12-6-2)20(27)15-7-9-17(10-8-15)23-19(26)18(21-3)16-13-22-24(4)14-16;/h5-10,13-14,18,21H,1-2,11-12H2,3-4H3,(H,23,26);1H. The molecule has 150 valence electrons. The largest absolute Gasteiger partial charge is 0.331 e. The van der Waals surface area contributed by atoms with Crippen LogP contribution >= 0.6 is 12.4 Å². The highest BCUT2D eigenvalue weighted by molar-refractivity contribution is 5.97. The van der Waals surface area contributed by atoms with Crippen molar-refractivity contribution in [2.75, 3.05) is 25.5 Å². The topological polar surface area (TPSA) is 79.3 Å². The number of rotatable bonds is 9. The van der Waals surface area contributed by atoms with E-state index in [1.807, 2.05) is 0 Å². The average Bonchev–Trinajstić information content (AvgIpc) is 3.08. The molecule has 1 aromatic carbocycles. The zero-order valence-corrected chi connectivity index (χ0v) is 16.9. The molecular weight excluding hydrogens is 378 g/mol. The predicted octanol–water partition coefficient (Wildman–Crippen LogP) is 2.56. The Labute approximate surface area is 171 Å². The first-order valence-electron chi connectivity index (χ1n) is 8.58. The van der Waals surface area contributed by atoms with E-state index in [0.717, 1.165) is 5.56 Å².